The number of pyridine rings is 1. The zero-order valence-electron chi connectivity index (χ0n) is 7.17. The molecular weight excluding hydrogens is 214 g/mol. The molecule has 0 aliphatic rings. The fourth-order valence-corrected chi connectivity index (χ4v) is 1.42. The standard InChI is InChI=1S/C8H9ClF2N2O/c9-6-5(1-12)4(3-14)2-13-7(6)8(10)11/h2,8,14H,1,3,12H2. The monoisotopic (exact) mass is 222 g/mol. The van der Waals surface area contributed by atoms with Gasteiger partial charge in [-0.25, -0.2) is 8.78 Å². The Kier molecular flexibility index (Phi) is 3.74. The summed E-state index contributed by atoms with van der Waals surface area (Å²) in [5.74, 6) is 0. The molecule has 0 saturated heterocycles. The summed E-state index contributed by atoms with van der Waals surface area (Å²) in [6.45, 7) is -0.320. The third-order valence-electron chi connectivity index (χ3n) is 1.82. The predicted octanol–water partition coefficient (Wildman–Crippen LogP) is 1.62. The molecule has 1 heterocycles. The first-order chi connectivity index (χ1) is 6.61. The molecule has 0 aliphatic carbocycles. The highest BCUT2D eigenvalue weighted by atomic mass is 35.5. The summed E-state index contributed by atoms with van der Waals surface area (Å²) in [4.78, 5) is 3.46. The van der Waals surface area contributed by atoms with Crippen LogP contribution in [0.5, 0.6) is 0 Å². The van der Waals surface area contributed by atoms with Crippen LogP contribution in [-0.2, 0) is 13.2 Å². The number of hydrogen-bond acceptors (Lipinski definition) is 3. The normalized spacial score (nSPS) is 11.0. The summed E-state index contributed by atoms with van der Waals surface area (Å²) in [6, 6.07) is 0. The number of hydrogen-bond donors (Lipinski definition) is 2. The molecule has 0 spiro atoms. The molecule has 3 nitrogen and oxygen atoms in total. The summed E-state index contributed by atoms with van der Waals surface area (Å²) in [5, 5.41) is 8.70. The smallest absolute Gasteiger partial charge is 0.281 e. The van der Waals surface area contributed by atoms with E-state index in [2.05, 4.69) is 4.98 Å². The number of aromatic nitrogens is 1. The highest BCUT2D eigenvalue weighted by Gasteiger charge is 2.18. The van der Waals surface area contributed by atoms with Gasteiger partial charge in [0.25, 0.3) is 6.43 Å². The Morgan fingerprint density at radius 2 is 2.21 bits per heavy atom. The first-order valence-electron chi connectivity index (χ1n) is 3.87. The van der Waals surface area contributed by atoms with Gasteiger partial charge in [0.2, 0.25) is 0 Å². The van der Waals surface area contributed by atoms with Gasteiger partial charge in [-0.05, 0) is 5.56 Å². The second kappa shape index (κ2) is 4.63. The lowest BCUT2D eigenvalue weighted by Gasteiger charge is -2.10. The van der Waals surface area contributed by atoms with Gasteiger partial charge in [0.1, 0.15) is 5.69 Å². The molecule has 0 amide bonds. The molecular formula is C8H9ClF2N2O. The Morgan fingerprint density at radius 3 is 2.64 bits per heavy atom. The lowest BCUT2D eigenvalue weighted by atomic mass is 10.1. The van der Waals surface area contributed by atoms with E-state index in [0.29, 0.717) is 11.1 Å². The van der Waals surface area contributed by atoms with E-state index in [0.717, 1.165) is 6.20 Å². The summed E-state index contributed by atoms with van der Waals surface area (Å²) in [7, 11) is 0. The molecule has 0 bridgehead atoms. The molecule has 1 rings (SSSR count). The average Bonchev–Trinajstić information content (AvgIpc) is 2.16. The fraction of sp³-hybridized carbons (Fsp3) is 0.375. The van der Waals surface area contributed by atoms with E-state index in [1.54, 1.807) is 0 Å². The number of alkyl halides is 2. The summed E-state index contributed by atoms with van der Waals surface area (Å²) in [5.41, 5.74) is 5.53. The van der Waals surface area contributed by atoms with E-state index < -0.39 is 12.1 Å². The Balaban J connectivity index is 3.27. The van der Waals surface area contributed by atoms with E-state index >= 15 is 0 Å². The van der Waals surface area contributed by atoms with Gasteiger partial charge in [-0.1, -0.05) is 11.6 Å². The quantitative estimate of drug-likeness (QED) is 0.817. The van der Waals surface area contributed by atoms with Crippen molar-refractivity contribution in [1.29, 1.82) is 0 Å². The van der Waals surface area contributed by atoms with Crippen LogP contribution in [0.1, 0.15) is 23.2 Å². The second-order valence-electron chi connectivity index (χ2n) is 2.62. The topological polar surface area (TPSA) is 59.1 Å². The molecule has 0 atom stereocenters. The zero-order chi connectivity index (χ0) is 10.7. The predicted molar refractivity (Wildman–Crippen MR) is 48.0 cm³/mol. The van der Waals surface area contributed by atoms with Crippen molar-refractivity contribution in [3.05, 3.63) is 28.0 Å². The molecule has 0 unspecified atom stereocenters. The summed E-state index contributed by atoms with van der Waals surface area (Å²) >= 11 is 5.65. The molecule has 0 aliphatic heterocycles. The number of rotatable bonds is 3. The van der Waals surface area contributed by atoms with Gasteiger partial charge < -0.3 is 10.8 Å². The number of nitrogens with two attached hydrogens (primary N) is 1. The van der Waals surface area contributed by atoms with Crippen LogP contribution >= 0.6 is 11.6 Å². The molecule has 0 aromatic carbocycles. The Bertz CT molecular complexity index is 333. The zero-order valence-corrected chi connectivity index (χ0v) is 7.93. The van der Waals surface area contributed by atoms with Crippen LogP contribution in [-0.4, -0.2) is 10.1 Å². The maximum Gasteiger partial charge on any atom is 0.281 e. The van der Waals surface area contributed by atoms with Gasteiger partial charge in [0.05, 0.1) is 11.6 Å². The van der Waals surface area contributed by atoms with Crippen LogP contribution in [0.3, 0.4) is 0 Å². The van der Waals surface area contributed by atoms with Crippen LogP contribution in [0, 0.1) is 0 Å². The van der Waals surface area contributed by atoms with Gasteiger partial charge in [-0.15, -0.1) is 0 Å². The van der Waals surface area contributed by atoms with Crippen molar-refractivity contribution in [2.75, 3.05) is 0 Å². The van der Waals surface area contributed by atoms with Crippen LogP contribution in [0.25, 0.3) is 0 Å². The average molecular weight is 223 g/mol. The van der Waals surface area contributed by atoms with Crippen LogP contribution in [0.15, 0.2) is 6.20 Å². The first kappa shape index (κ1) is 11.3. The lowest BCUT2D eigenvalue weighted by Crippen LogP contribution is -2.06. The van der Waals surface area contributed by atoms with Gasteiger partial charge >= 0.3 is 0 Å². The minimum Gasteiger partial charge on any atom is -0.392 e. The van der Waals surface area contributed by atoms with Crippen LogP contribution in [0.4, 0.5) is 8.78 Å². The Hall–Kier alpha value is -0.780. The largest absolute Gasteiger partial charge is 0.392 e. The molecule has 1 aromatic rings. The van der Waals surface area contributed by atoms with Crippen molar-refractivity contribution in [2.45, 2.75) is 19.6 Å². The molecule has 0 radical (unpaired) electrons. The molecule has 0 saturated carbocycles. The highest BCUT2D eigenvalue weighted by Crippen LogP contribution is 2.29. The Labute approximate surface area is 84.5 Å². The molecule has 78 valence electrons. The van der Waals surface area contributed by atoms with Crippen molar-refractivity contribution in [3.63, 3.8) is 0 Å². The maximum absolute atomic E-state index is 12.3. The third kappa shape index (κ3) is 2.00. The van der Waals surface area contributed by atoms with E-state index in [1.165, 1.54) is 0 Å². The molecule has 3 N–H and O–H groups in total. The lowest BCUT2D eigenvalue weighted by molar-refractivity contribution is 0.146. The van der Waals surface area contributed by atoms with Crippen molar-refractivity contribution in [2.24, 2.45) is 5.73 Å². The molecule has 0 fully saturated rings. The Morgan fingerprint density at radius 1 is 1.57 bits per heavy atom. The number of aliphatic hydroxyl groups excluding tert-OH is 1. The van der Waals surface area contributed by atoms with Gasteiger partial charge in [-0.2, -0.15) is 0 Å². The van der Waals surface area contributed by atoms with Crippen molar-refractivity contribution >= 4 is 11.6 Å². The van der Waals surface area contributed by atoms with Gasteiger partial charge in [0.15, 0.2) is 0 Å². The van der Waals surface area contributed by atoms with E-state index in [-0.39, 0.29) is 18.2 Å². The van der Waals surface area contributed by atoms with Gasteiger partial charge in [0, 0.05) is 18.3 Å². The van der Waals surface area contributed by atoms with Crippen molar-refractivity contribution in [3.8, 4) is 0 Å². The highest BCUT2D eigenvalue weighted by molar-refractivity contribution is 6.32. The summed E-state index contributed by atoms with van der Waals surface area (Å²) < 4.78 is 24.7. The minimum absolute atomic E-state index is 0.00301. The van der Waals surface area contributed by atoms with E-state index in [9.17, 15) is 8.78 Å². The molecule has 14 heavy (non-hydrogen) atoms. The number of halogens is 3. The summed E-state index contributed by atoms with van der Waals surface area (Å²) in [6.07, 6.45) is -1.57. The third-order valence-corrected chi connectivity index (χ3v) is 2.24. The minimum atomic E-state index is -2.74. The second-order valence-corrected chi connectivity index (χ2v) is 3.00. The van der Waals surface area contributed by atoms with Crippen LogP contribution < -0.4 is 5.73 Å². The SMILES string of the molecule is NCc1c(CO)cnc(C(F)F)c1Cl. The molecule has 6 heteroatoms. The van der Waals surface area contributed by atoms with E-state index in [4.69, 9.17) is 22.4 Å². The van der Waals surface area contributed by atoms with Crippen LogP contribution in [0.2, 0.25) is 5.02 Å². The van der Waals surface area contributed by atoms with Crippen molar-refractivity contribution in [1.82, 2.24) is 4.98 Å². The van der Waals surface area contributed by atoms with Crippen molar-refractivity contribution < 1.29 is 13.9 Å². The first-order valence-corrected chi connectivity index (χ1v) is 4.24. The number of aliphatic hydroxyl groups is 1. The van der Waals surface area contributed by atoms with Gasteiger partial charge in [-0.3, -0.25) is 4.98 Å². The van der Waals surface area contributed by atoms with E-state index in [1.807, 2.05) is 0 Å². The fourth-order valence-electron chi connectivity index (χ4n) is 1.09. The number of nitrogens with zero attached hydrogens (tertiary/aromatic N) is 1. The molecule has 1 aromatic heterocycles. The maximum atomic E-state index is 12.3.